The molecule has 21 heavy (non-hydrogen) atoms. The molecular formula is C16H27N3O2. The van der Waals surface area contributed by atoms with E-state index in [4.69, 9.17) is 10.5 Å². The molecular weight excluding hydrogens is 266 g/mol. The SMILES string of the molecule is CCN(CC)CCOc1ccccc1NC(=O)CCCN. The van der Waals surface area contributed by atoms with E-state index in [0.29, 0.717) is 31.7 Å². The molecule has 0 heterocycles. The van der Waals surface area contributed by atoms with Crippen molar-refractivity contribution in [1.29, 1.82) is 0 Å². The van der Waals surface area contributed by atoms with Crippen LogP contribution in [0.25, 0.3) is 0 Å². The maximum absolute atomic E-state index is 11.8. The molecule has 0 bridgehead atoms. The average molecular weight is 293 g/mol. The van der Waals surface area contributed by atoms with Gasteiger partial charge in [0.05, 0.1) is 5.69 Å². The van der Waals surface area contributed by atoms with Crippen LogP contribution in [0.4, 0.5) is 5.69 Å². The number of nitrogens with zero attached hydrogens (tertiary/aromatic N) is 1. The third kappa shape index (κ3) is 6.60. The first-order valence-corrected chi connectivity index (χ1v) is 7.65. The van der Waals surface area contributed by atoms with Crippen molar-refractivity contribution in [3.63, 3.8) is 0 Å². The van der Waals surface area contributed by atoms with Gasteiger partial charge in [-0.25, -0.2) is 0 Å². The predicted molar refractivity (Wildman–Crippen MR) is 86.6 cm³/mol. The highest BCUT2D eigenvalue weighted by atomic mass is 16.5. The van der Waals surface area contributed by atoms with Gasteiger partial charge < -0.3 is 20.7 Å². The van der Waals surface area contributed by atoms with E-state index < -0.39 is 0 Å². The van der Waals surface area contributed by atoms with Crippen LogP contribution in [0.15, 0.2) is 24.3 Å². The third-order valence-electron chi connectivity index (χ3n) is 3.33. The standard InChI is InChI=1S/C16H27N3O2/c1-3-19(4-2)12-13-21-15-9-6-5-8-14(15)18-16(20)10-7-11-17/h5-6,8-9H,3-4,7,10-13,17H2,1-2H3,(H,18,20). The zero-order valence-electron chi connectivity index (χ0n) is 13.1. The van der Waals surface area contributed by atoms with Crippen LogP contribution in [0.2, 0.25) is 0 Å². The van der Waals surface area contributed by atoms with Crippen molar-refractivity contribution in [2.75, 3.05) is 38.1 Å². The Labute approximate surface area is 127 Å². The summed E-state index contributed by atoms with van der Waals surface area (Å²) < 4.78 is 5.80. The molecule has 0 fully saturated rings. The van der Waals surface area contributed by atoms with Crippen LogP contribution in [-0.2, 0) is 4.79 Å². The number of carbonyl (C=O) groups excluding carboxylic acids is 1. The molecule has 0 unspecified atom stereocenters. The van der Waals surface area contributed by atoms with Gasteiger partial charge in [-0.05, 0) is 38.2 Å². The second kappa shape index (κ2) is 10.2. The van der Waals surface area contributed by atoms with Crippen LogP contribution >= 0.6 is 0 Å². The second-order valence-electron chi connectivity index (χ2n) is 4.81. The Hall–Kier alpha value is -1.59. The summed E-state index contributed by atoms with van der Waals surface area (Å²) >= 11 is 0. The van der Waals surface area contributed by atoms with Gasteiger partial charge in [0.1, 0.15) is 12.4 Å². The maximum Gasteiger partial charge on any atom is 0.224 e. The lowest BCUT2D eigenvalue weighted by Crippen LogP contribution is -2.28. The minimum atomic E-state index is -0.0276. The number of benzene rings is 1. The molecule has 1 aromatic rings. The first-order chi connectivity index (χ1) is 10.2. The van der Waals surface area contributed by atoms with Crippen LogP contribution in [-0.4, -0.2) is 43.6 Å². The Morgan fingerprint density at radius 2 is 2.00 bits per heavy atom. The molecule has 1 aromatic carbocycles. The summed E-state index contributed by atoms with van der Waals surface area (Å²) in [4.78, 5) is 14.1. The Morgan fingerprint density at radius 1 is 1.29 bits per heavy atom. The summed E-state index contributed by atoms with van der Waals surface area (Å²) in [5.41, 5.74) is 6.13. The zero-order valence-corrected chi connectivity index (χ0v) is 13.1. The van der Waals surface area contributed by atoms with E-state index in [0.717, 1.165) is 25.3 Å². The van der Waals surface area contributed by atoms with Gasteiger partial charge in [0.25, 0.3) is 0 Å². The van der Waals surface area contributed by atoms with Gasteiger partial charge in [0, 0.05) is 13.0 Å². The largest absolute Gasteiger partial charge is 0.490 e. The van der Waals surface area contributed by atoms with E-state index in [2.05, 4.69) is 24.1 Å². The fraction of sp³-hybridized carbons (Fsp3) is 0.562. The molecule has 1 rings (SSSR count). The number of hydrogen-bond acceptors (Lipinski definition) is 4. The minimum absolute atomic E-state index is 0.0276. The zero-order chi connectivity index (χ0) is 15.5. The van der Waals surface area contributed by atoms with Gasteiger partial charge in [-0.1, -0.05) is 26.0 Å². The third-order valence-corrected chi connectivity index (χ3v) is 3.33. The van der Waals surface area contributed by atoms with Crippen molar-refractivity contribution in [1.82, 2.24) is 4.90 Å². The summed E-state index contributed by atoms with van der Waals surface area (Å²) in [5, 5.41) is 2.88. The number of ether oxygens (including phenoxy) is 1. The number of carbonyl (C=O) groups is 1. The number of amides is 1. The molecule has 0 atom stereocenters. The van der Waals surface area contributed by atoms with E-state index in [9.17, 15) is 4.79 Å². The molecule has 0 aromatic heterocycles. The van der Waals surface area contributed by atoms with Crippen molar-refractivity contribution in [2.24, 2.45) is 5.73 Å². The number of hydrogen-bond donors (Lipinski definition) is 2. The number of rotatable bonds is 10. The van der Waals surface area contributed by atoms with Crippen LogP contribution < -0.4 is 15.8 Å². The molecule has 0 aliphatic heterocycles. The first kappa shape index (κ1) is 17.5. The average Bonchev–Trinajstić information content (AvgIpc) is 2.51. The smallest absolute Gasteiger partial charge is 0.224 e. The molecule has 5 nitrogen and oxygen atoms in total. The van der Waals surface area contributed by atoms with Crippen LogP contribution in [0.1, 0.15) is 26.7 Å². The Bertz CT molecular complexity index is 420. The van der Waals surface area contributed by atoms with E-state index >= 15 is 0 Å². The lowest BCUT2D eigenvalue weighted by atomic mass is 10.2. The van der Waals surface area contributed by atoms with Crippen LogP contribution in [0, 0.1) is 0 Å². The monoisotopic (exact) mass is 293 g/mol. The van der Waals surface area contributed by atoms with E-state index in [1.54, 1.807) is 0 Å². The second-order valence-corrected chi connectivity index (χ2v) is 4.81. The van der Waals surface area contributed by atoms with Gasteiger partial charge in [-0.15, -0.1) is 0 Å². The molecule has 0 radical (unpaired) electrons. The van der Waals surface area contributed by atoms with Gasteiger partial charge in [-0.2, -0.15) is 0 Å². The molecule has 0 saturated carbocycles. The summed E-state index contributed by atoms with van der Waals surface area (Å²) in [7, 11) is 0. The van der Waals surface area contributed by atoms with Crippen molar-refractivity contribution < 1.29 is 9.53 Å². The van der Waals surface area contributed by atoms with Crippen molar-refractivity contribution in [3.05, 3.63) is 24.3 Å². The number of likely N-dealkylation sites (N-methyl/N-ethyl adjacent to an activating group) is 1. The number of nitrogens with two attached hydrogens (primary N) is 1. The molecule has 5 heteroatoms. The van der Waals surface area contributed by atoms with E-state index in [1.807, 2.05) is 24.3 Å². The number of nitrogens with one attached hydrogen (secondary N) is 1. The molecule has 0 saturated heterocycles. The van der Waals surface area contributed by atoms with Gasteiger partial charge in [-0.3, -0.25) is 4.79 Å². The summed E-state index contributed by atoms with van der Waals surface area (Å²) in [6.07, 6.45) is 1.13. The van der Waals surface area contributed by atoms with Crippen molar-refractivity contribution >= 4 is 11.6 Å². The highest BCUT2D eigenvalue weighted by molar-refractivity contribution is 5.92. The Morgan fingerprint density at radius 3 is 2.67 bits per heavy atom. The molecule has 0 spiro atoms. The maximum atomic E-state index is 11.8. The molecule has 0 aliphatic rings. The molecule has 0 aliphatic carbocycles. The van der Waals surface area contributed by atoms with E-state index in [-0.39, 0.29) is 5.91 Å². The number of anilines is 1. The topological polar surface area (TPSA) is 67.6 Å². The highest BCUT2D eigenvalue weighted by Crippen LogP contribution is 2.23. The normalized spacial score (nSPS) is 10.7. The van der Waals surface area contributed by atoms with Gasteiger partial charge in [0.2, 0.25) is 5.91 Å². The molecule has 1 amide bonds. The van der Waals surface area contributed by atoms with Crippen LogP contribution in [0.5, 0.6) is 5.75 Å². The quantitative estimate of drug-likeness (QED) is 0.693. The van der Waals surface area contributed by atoms with Gasteiger partial charge >= 0.3 is 0 Å². The first-order valence-electron chi connectivity index (χ1n) is 7.65. The minimum Gasteiger partial charge on any atom is -0.490 e. The van der Waals surface area contributed by atoms with Crippen molar-refractivity contribution in [2.45, 2.75) is 26.7 Å². The summed E-state index contributed by atoms with van der Waals surface area (Å²) in [5.74, 6) is 0.686. The van der Waals surface area contributed by atoms with Crippen molar-refractivity contribution in [3.8, 4) is 5.75 Å². The van der Waals surface area contributed by atoms with Gasteiger partial charge in [0.15, 0.2) is 0 Å². The lowest BCUT2D eigenvalue weighted by Gasteiger charge is -2.19. The molecule has 118 valence electrons. The summed E-state index contributed by atoms with van der Waals surface area (Å²) in [6.45, 7) is 8.30. The Kier molecular flexibility index (Phi) is 8.47. The summed E-state index contributed by atoms with van der Waals surface area (Å²) in [6, 6.07) is 7.52. The number of para-hydroxylation sites is 2. The fourth-order valence-corrected chi connectivity index (χ4v) is 2.00. The fourth-order valence-electron chi connectivity index (χ4n) is 2.00. The lowest BCUT2D eigenvalue weighted by molar-refractivity contribution is -0.116. The van der Waals surface area contributed by atoms with E-state index in [1.165, 1.54) is 0 Å². The van der Waals surface area contributed by atoms with Crippen LogP contribution in [0.3, 0.4) is 0 Å². The molecule has 3 N–H and O–H groups in total. The predicted octanol–water partition coefficient (Wildman–Crippen LogP) is 2.08. The highest BCUT2D eigenvalue weighted by Gasteiger charge is 2.07. The Balaban J connectivity index is 2.52.